The van der Waals surface area contributed by atoms with Crippen LogP contribution in [0.4, 0.5) is 0 Å². The van der Waals surface area contributed by atoms with E-state index >= 15 is 0 Å². The largest absolute Gasteiger partial charge is 0.492 e. The van der Waals surface area contributed by atoms with Gasteiger partial charge in [-0.05, 0) is 28.8 Å². The lowest BCUT2D eigenvalue weighted by Crippen LogP contribution is -2.34. The van der Waals surface area contributed by atoms with Crippen molar-refractivity contribution in [2.75, 3.05) is 6.61 Å². The zero-order chi connectivity index (χ0) is 13.0. The Hall–Kier alpha value is -1.54. The second-order valence-corrected chi connectivity index (χ2v) is 4.87. The monoisotopic (exact) mass is 243 g/mol. The van der Waals surface area contributed by atoms with Crippen molar-refractivity contribution in [1.29, 1.82) is 0 Å². The number of nitrogens with two attached hydrogens (primary N) is 1. The highest BCUT2D eigenvalue weighted by Gasteiger charge is 2.11. The minimum absolute atomic E-state index is 0.0986. The molecule has 0 amide bonds. The summed E-state index contributed by atoms with van der Waals surface area (Å²) in [4.78, 5) is 0. The third-order valence-electron chi connectivity index (χ3n) is 3.54. The van der Waals surface area contributed by atoms with E-state index in [1.807, 2.05) is 18.2 Å². The normalized spacial score (nSPS) is 14.4. The van der Waals surface area contributed by atoms with E-state index in [1.165, 1.54) is 10.8 Å². The number of hydrogen-bond donors (Lipinski definition) is 1. The van der Waals surface area contributed by atoms with Crippen LogP contribution in [0, 0.1) is 5.92 Å². The van der Waals surface area contributed by atoms with E-state index in [4.69, 9.17) is 10.5 Å². The molecule has 0 aliphatic heterocycles. The highest BCUT2D eigenvalue weighted by molar-refractivity contribution is 5.83. The number of benzene rings is 2. The molecule has 0 spiro atoms. The second kappa shape index (κ2) is 5.87. The molecule has 0 saturated carbocycles. The minimum Gasteiger partial charge on any atom is -0.492 e. The summed E-state index contributed by atoms with van der Waals surface area (Å²) in [6, 6.07) is 14.5. The molecule has 0 fully saturated rings. The molecule has 2 aromatic carbocycles. The van der Waals surface area contributed by atoms with Gasteiger partial charge in [-0.3, -0.25) is 0 Å². The summed E-state index contributed by atoms with van der Waals surface area (Å²) in [5.41, 5.74) is 6.06. The molecule has 2 unspecified atom stereocenters. The first kappa shape index (κ1) is 12.9. The Kier molecular flexibility index (Phi) is 4.21. The predicted molar refractivity (Wildman–Crippen MR) is 76.9 cm³/mol. The molecule has 2 aromatic rings. The van der Waals surface area contributed by atoms with Crippen molar-refractivity contribution in [1.82, 2.24) is 0 Å². The Morgan fingerprint density at radius 1 is 1.11 bits per heavy atom. The Morgan fingerprint density at radius 3 is 2.56 bits per heavy atom. The van der Waals surface area contributed by atoms with Crippen molar-refractivity contribution >= 4 is 10.8 Å². The van der Waals surface area contributed by atoms with Gasteiger partial charge in [0, 0.05) is 6.04 Å². The first-order chi connectivity index (χ1) is 8.70. The van der Waals surface area contributed by atoms with Crippen LogP contribution in [0.3, 0.4) is 0 Å². The summed E-state index contributed by atoms with van der Waals surface area (Å²) in [5.74, 6) is 1.39. The maximum absolute atomic E-state index is 6.06. The Balaban J connectivity index is 2.04. The maximum Gasteiger partial charge on any atom is 0.120 e. The van der Waals surface area contributed by atoms with Gasteiger partial charge in [-0.2, -0.15) is 0 Å². The van der Waals surface area contributed by atoms with Gasteiger partial charge in [0.25, 0.3) is 0 Å². The fourth-order valence-corrected chi connectivity index (χ4v) is 1.92. The smallest absolute Gasteiger partial charge is 0.120 e. The molecule has 2 atom stereocenters. The summed E-state index contributed by atoms with van der Waals surface area (Å²) in [7, 11) is 0. The molecule has 0 heterocycles. The number of rotatable bonds is 5. The molecule has 2 rings (SSSR count). The summed E-state index contributed by atoms with van der Waals surface area (Å²) in [5, 5.41) is 2.43. The average molecular weight is 243 g/mol. The molecular formula is C16H21NO. The summed E-state index contributed by atoms with van der Waals surface area (Å²) in [6.45, 7) is 4.89. The van der Waals surface area contributed by atoms with Gasteiger partial charge < -0.3 is 10.5 Å². The summed E-state index contributed by atoms with van der Waals surface area (Å²) in [6.07, 6.45) is 1.09. The molecule has 2 heteroatoms. The molecule has 2 N–H and O–H groups in total. The molecule has 96 valence electrons. The van der Waals surface area contributed by atoms with E-state index in [2.05, 4.69) is 38.1 Å². The molecule has 0 aliphatic carbocycles. The molecule has 0 radical (unpaired) electrons. The lowest BCUT2D eigenvalue weighted by atomic mass is 10.0. The van der Waals surface area contributed by atoms with Crippen LogP contribution < -0.4 is 10.5 Å². The van der Waals surface area contributed by atoms with E-state index in [9.17, 15) is 0 Å². The van der Waals surface area contributed by atoms with Crippen molar-refractivity contribution in [2.45, 2.75) is 26.3 Å². The zero-order valence-corrected chi connectivity index (χ0v) is 11.1. The van der Waals surface area contributed by atoms with Gasteiger partial charge in [-0.15, -0.1) is 0 Å². The SMILES string of the molecule is CCC(C)C(N)COc1ccc2ccccc2c1. The molecular weight excluding hydrogens is 222 g/mol. The third kappa shape index (κ3) is 3.02. The van der Waals surface area contributed by atoms with Gasteiger partial charge in [-0.25, -0.2) is 0 Å². The van der Waals surface area contributed by atoms with Crippen molar-refractivity contribution in [3.8, 4) is 5.75 Å². The van der Waals surface area contributed by atoms with Gasteiger partial charge in [0.05, 0.1) is 0 Å². The topological polar surface area (TPSA) is 35.2 Å². The fourth-order valence-electron chi connectivity index (χ4n) is 1.92. The number of fused-ring (bicyclic) bond motifs is 1. The molecule has 0 bridgehead atoms. The first-order valence-electron chi connectivity index (χ1n) is 6.58. The van der Waals surface area contributed by atoms with Crippen LogP contribution in [0.1, 0.15) is 20.3 Å². The predicted octanol–water partition coefficient (Wildman–Crippen LogP) is 3.59. The lowest BCUT2D eigenvalue weighted by Gasteiger charge is -2.18. The van der Waals surface area contributed by atoms with Crippen LogP contribution in [-0.4, -0.2) is 12.6 Å². The fraction of sp³-hybridized carbons (Fsp3) is 0.375. The number of ether oxygens (including phenoxy) is 1. The third-order valence-corrected chi connectivity index (χ3v) is 3.54. The standard InChI is InChI=1S/C16H21NO/c1-3-12(2)16(17)11-18-15-9-8-13-6-4-5-7-14(13)10-15/h4-10,12,16H,3,11,17H2,1-2H3. The van der Waals surface area contributed by atoms with Gasteiger partial charge in [0.2, 0.25) is 0 Å². The maximum atomic E-state index is 6.06. The van der Waals surface area contributed by atoms with Crippen LogP contribution >= 0.6 is 0 Å². The van der Waals surface area contributed by atoms with Crippen molar-refractivity contribution in [3.05, 3.63) is 42.5 Å². The molecule has 0 aromatic heterocycles. The first-order valence-corrected chi connectivity index (χ1v) is 6.58. The van der Waals surface area contributed by atoms with E-state index in [-0.39, 0.29) is 6.04 Å². The molecule has 0 aliphatic rings. The van der Waals surface area contributed by atoms with Gasteiger partial charge in [-0.1, -0.05) is 50.6 Å². The molecule has 18 heavy (non-hydrogen) atoms. The van der Waals surface area contributed by atoms with E-state index < -0.39 is 0 Å². The van der Waals surface area contributed by atoms with E-state index in [0.717, 1.165) is 12.2 Å². The highest BCUT2D eigenvalue weighted by Crippen LogP contribution is 2.21. The van der Waals surface area contributed by atoms with Gasteiger partial charge >= 0.3 is 0 Å². The Bertz CT molecular complexity index is 509. The van der Waals surface area contributed by atoms with Crippen molar-refractivity contribution < 1.29 is 4.74 Å². The average Bonchev–Trinajstić information content (AvgIpc) is 2.43. The lowest BCUT2D eigenvalue weighted by molar-refractivity contribution is 0.250. The van der Waals surface area contributed by atoms with Crippen molar-refractivity contribution in [2.24, 2.45) is 11.7 Å². The Labute approximate surface area is 109 Å². The van der Waals surface area contributed by atoms with Crippen molar-refractivity contribution in [3.63, 3.8) is 0 Å². The van der Waals surface area contributed by atoms with Crippen LogP contribution in [0.2, 0.25) is 0 Å². The van der Waals surface area contributed by atoms with Crippen LogP contribution in [-0.2, 0) is 0 Å². The highest BCUT2D eigenvalue weighted by atomic mass is 16.5. The minimum atomic E-state index is 0.0986. The number of hydrogen-bond acceptors (Lipinski definition) is 2. The van der Waals surface area contributed by atoms with Gasteiger partial charge in [0.1, 0.15) is 12.4 Å². The van der Waals surface area contributed by atoms with E-state index in [1.54, 1.807) is 0 Å². The molecule has 2 nitrogen and oxygen atoms in total. The van der Waals surface area contributed by atoms with Crippen LogP contribution in [0.5, 0.6) is 5.75 Å². The van der Waals surface area contributed by atoms with E-state index in [0.29, 0.717) is 12.5 Å². The molecule has 0 saturated heterocycles. The van der Waals surface area contributed by atoms with Gasteiger partial charge in [0.15, 0.2) is 0 Å². The van der Waals surface area contributed by atoms with Crippen LogP contribution in [0.15, 0.2) is 42.5 Å². The Morgan fingerprint density at radius 2 is 1.83 bits per heavy atom. The quantitative estimate of drug-likeness (QED) is 0.871. The summed E-state index contributed by atoms with van der Waals surface area (Å²) >= 11 is 0. The van der Waals surface area contributed by atoms with Crippen LogP contribution in [0.25, 0.3) is 10.8 Å². The second-order valence-electron chi connectivity index (χ2n) is 4.87. The summed E-state index contributed by atoms with van der Waals surface area (Å²) < 4.78 is 5.77. The zero-order valence-electron chi connectivity index (χ0n) is 11.1.